The van der Waals surface area contributed by atoms with Crippen LogP contribution in [0.4, 0.5) is 10.5 Å². The van der Waals surface area contributed by atoms with Gasteiger partial charge in [0.1, 0.15) is 5.75 Å². The number of carbonyl (C=O) groups is 1. The summed E-state index contributed by atoms with van der Waals surface area (Å²) in [4.78, 5) is 14.8. The molecule has 0 fully saturated rings. The molecule has 2 aromatic rings. The molecule has 0 unspecified atom stereocenters. The molecule has 2 amide bonds. The van der Waals surface area contributed by atoms with E-state index in [0.29, 0.717) is 6.54 Å². The number of carbonyl (C=O) groups excluding carboxylic acids is 1. The molecule has 0 aliphatic rings. The highest BCUT2D eigenvalue weighted by Gasteiger charge is 2.10. The number of anilines is 1. The number of rotatable bonds is 4. The van der Waals surface area contributed by atoms with Gasteiger partial charge in [0.15, 0.2) is 0 Å². The number of benzene rings is 1. The normalized spacial score (nSPS) is 10.2. The van der Waals surface area contributed by atoms with E-state index < -0.39 is 0 Å². The predicted octanol–water partition coefficient (Wildman–Crippen LogP) is 4.18. The molecule has 1 heterocycles. The molecule has 2 rings (SSSR count). The van der Waals surface area contributed by atoms with Crippen LogP contribution in [-0.2, 0) is 6.54 Å². The van der Waals surface area contributed by atoms with E-state index in [2.05, 4.69) is 21.2 Å². The van der Waals surface area contributed by atoms with Gasteiger partial charge in [0.05, 0.1) is 13.7 Å². The van der Waals surface area contributed by atoms with Crippen molar-refractivity contribution in [3.05, 3.63) is 45.1 Å². The van der Waals surface area contributed by atoms with Crippen LogP contribution in [0.3, 0.4) is 0 Å². The summed E-state index contributed by atoms with van der Waals surface area (Å²) in [6.45, 7) is 0.582. The number of thiophene rings is 1. The SMILES string of the molecule is COc1ccc(NC(=O)N(C)Cc2cc(Br)cs2)cc1. The monoisotopic (exact) mass is 354 g/mol. The van der Waals surface area contributed by atoms with Crippen LogP contribution in [0.5, 0.6) is 5.75 Å². The van der Waals surface area contributed by atoms with Crippen LogP contribution in [0.2, 0.25) is 0 Å². The largest absolute Gasteiger partial charge is 0.497 e. The van der Waals surface area contributed by atoms with Crippen LogP contribution >= 0.6 is 27.3 Å². The van der Waals surface area contributed by atoms with Gasteiger partial charge in [0.2, 0.25) is 0 Å². The van der Waals surface area contributed by atoms with Crippen LogP contribution in [-0.4, -0.2) is 25.1 Å². The molecule has 0 bridgehead atoms. The zero-order valence-electron chi connectivity index (χ0n) is 11.2. The third-order valence-corrected chi connectivity index (χ3v) is 4.39. The van der Waals surface area contributed by atoms with E-state index in [4.69, 9.17) is 4.74 Å². The van der Waals surface area contributed by atoms with E-state index in [-0.39, 0.29) is 6.03 Å². The first-order chi connectivity index (χ1) is 9.58. The number of hydrogen-bond donors (Lipinski definition) is 1. The lowest BCUT2D eigenvalue weighted by atomic mass is 10.3. The Morgan fingerprint density at radius 1 is 1.40 bits per heavy atom. The summed E-state index contributed by atoms with van der Waals surface area (Å²) in [6, 6.07) is 9.12. The number of nitrogens with zero attached hydrogens (tertiary/aromatic N) is 1. The molecular formula is C14H15BrN2O2S. The summed E-state index contributed by atoms with van der Waals surface area (Å²) in [5, 5.41) is 4.85. The molecule has 20 heavy (non-hydrogen) atoms. The van der Waals surface area contributed by atoms with Gasteiger partial charge >= 0.3 is 6.03 Å². The Labute approximate surface area is 130 Å². The lowest BCUT2D eigenvalue weighted by molar-refractivity contribution is 0.221. The van der Waals surface area contributed by atoms with E-state index >= 15 is 0 Å². The van der Waals surface area contributed by atoms with E-state index in [1.165, 1.54) is 0 Å². The highest BCUT2D eigenvalue weighted by molar-refractivity contribution is 9.10. The van der Waals surface area contributed by atoms with E-state index in [9.17, 15) is 4.79 Å². The molecule has 0 aliphatic heterocycles. The van der Waals surface area contributed by atoms with Gasteiger partial charge < -0.3 is 15.0 Å². The molecule has 0 aliphatic carbocycles. The zero-order chi connectivity index (χ0) is 14.5. The fourth-order valence-corrected chi connectivity index (χ4v) is 3.14. The van der Waals surface area contributed by atoms with Crippen LogP contribution in [0.15, 0.2) is 40.2 Å². The van der Waals surface area contributed by atoms with Crippen LogP contribution in [0.25, 0.3) is 0 Å². The van der Waals surface area contributed by atoms with Crippen molar-refractivity contribution in [3.8, 4) is 5.75 Å². The Kier molecular flexibility index (Phi) is 5.03. The maximum absolute atomic E-state index is 12.1. The molecule has 0 radical (unpaired) electrons. The second-order valence-electron chi connectivity index (χ2n) is 4.25. The molecule has 1 aromatic carbocycles. The first-order valence-electron chi connectivity index (χ1n) is 5.97. The summed E-state index contributed by atoms with van der Waals surface area (Å²) < 4.78 is 6.12. The third kappa shape index (κ3) is 3.98. The van der Waals surface area contributed by atoms with Gasteiger partial charge in [0.25, 0.3) is 0 Å². The minimum Gasteiger partial charge on any atom is -0.497 e. The Bertz CT molecular complexity index is 583. The molecule has 0 spiro atoms. The van der Waals surface area contributed by atoms with Crippen LogP contribution in [0.1, 0.15) is 4.88 Å². The van der Waals surface area contributed by atoms with Gasteiger partial charge in [-0.3, -0.25) is 0 Å². The smallest absolute Gasteiger partial charge is 0.321 e. The number of hydrogen-bond acceptors (Lipinski definition) is 3. The summed E-state index contributed by atoms with van der Waals surface area (Å²) in [7, 11) is 3.38. The molecular weight excluding hydrogens is 340 g/mol. The predicted molar refractivity (Wildman–Crippen MR) is 85.5 cm³/mol. The summed E-state index contributed by atoms with van der Waals surface area (Å²) in [5.74, 6) is 0.764. The second kappa shape index (κ2) is 6.76. The third-order valence-electron chi connectivity index (χ3n) is 2.70. The Balaban J connectivity index is 1.93. The highest BCUT2D eigenvalue weighted by Crippen LogP contribution is 2.21. The lowest BCUT2D eigenvalue weighted by Gasteiger charge is -2.17. The fraction of sp³-hybridized carbons (Fsp3) is 0.214. The molecule has 4 nitrogen and oxygen atoms in total. The fourth-order valence-electron chi connectivity index (χ4n) is 1.64. The lowest BCUT2D eigenvalue weighted by Crippen LogP contribution is -2.30. The standard InChI is InChI=1S/C14H15BrN2O2S/c1-17(8-13-7-10(15)9-20-13)14(18)16-11-3-5-12(19-2)6-4-11/h3-7,9H,8H2,1-2H3,(H,16,18). The Morgan fingerprint density at radius 2 is 2.10 bits per heavy atom. The number of methoxy groups -OCH3 is 1. The molecule has 6 heteroatoms. The Hall–Kier alpha value is -1.53. The van der Waals surface area contributed by atoms with Gasteiger partial charge in [-0.05, 0) is 46.3 Å². The van der Waals surface area contributed by atoms with Crippen molar-refractivity contribution in [1.29, 1.82) is 0 Å². The van der Waals surface area contributed by atoms with Crippen molar-refractivity contribution < 1.29 is 9.53 Å². The zero-order valence-corrected chi connectivity index (χ0v) is 13.6. The topological polar surface area (TPSA) is 41.6 Å². The number of nitrogens with one attached hydrogen (secondary N) is 1. The summed E-state index contributed by atoms with van der Waals surface area (Å²) >= 11 is 5.03. The van der Waals surface area contributed by atoms with Crippen molar-refractivity contribution in [2.24, 2.45) is 0 Å². The highest BCUT2D eigenvalue weighted by atomic mass is 79.9. The molecule has 1 aromatic heterocycles. The van der Waals surface area contributed by atoms with Crippen molar-refractivity contribution in [2.45, 2.75) is 6.54 Å². The summed E-state index contributed by atoms with van der Waals surface area (Å²) in [5.41, 5.74) is 0.745. The minimum absolute atomic E-state index is 0.139. The quantitative estimate of drug-likeness (QED) is 0.894. The number of halogens is 1. The number of ether oxygens (including phenoxy) is 1. The average Bonchev–Trinajstić information content (AvgIpc) is 2.85. The van der Waals surface area contributed by atoms with Crippen molar-refractivity contribution in [3.63, 3.8) is 0 Å². The van der Waals surface area contributed by atoms with Crippen molar-refractivity contribution in [2.75, 3.05) is 19.5 Å². The molecule has 0 saturated carbocycles. The number of urea groups is 1. The van der Waals surface area contributed by atoms with Gasteiger partial charge in [-0.1, -0.05) is 0 Å². The van der Waals surface area contributed by atoms with Crippen molar-refractivity contribution in [1.82, 2.24) is 4.90 Å². The van der Waals surface area contributed by atoms with E-state index in [1.807, 2.05) is 35.7 Å². The second-order valence-corrected chi connectivity index (χ2v) is 6.16. The molecule has 106 valence electrons. The Morgan fingerprint density at radius 3 is 2.65 bits per heavy atom. The van der Waals surface area contributed by atoms with Gasteiger partial charge in [0, 0.05) is 27.5 Å². The van der Waals surface area contributed by atoms with Crippen molar-refractivity contribution >= 4 is 39.0 Å². The minimum atomic E-state index is -0.139. The van der Waals surface area contributed by atoms with E-state index in [0.717, 1.165) is 20.8 Å². The summed E-state index contributed by atoms with van der Waals surface area (Å²) in [6.07, 6.45) is 0. The average molecular weight is 355 g/mol. The maximum atomic E-state index is 12.1. The molecule has 1 N–H and O–H groups in total. The van der Waals surface area contributed by atoms with Crippen LogP contribution < -0.4 is 10.1 Å². The van der Waals surface area contributed by atoms with Gasteiger partial charge in [-0.15, -0.1) is 11.3 Å². The molecule has 0 saturated heterocycles. The number of amides is 2. The first kappa shape index (κ1) is 14.9. The maximum Gasteiger partial charge on any atom is 0.321 e. The first-order valence-corrected chi connectivity index (χ1v) is 7.65. The molecule has 0 atom stereocenters. The van der Waals surface area contributed by atoms with E-state index in [1.54, 1.807) is 30.4 Å². The van der Waals surface area contributed by atoms with Gasteiger partial charge in [-0.2, -0.15) is 0 Å². The van der Waals surface area contributed by atoms with Crippen LogP contribution in [0, 0.1) is 0 Å². The van der Waals surface area contributed by atoms with Gasteiger partial charge in [-0.25, -0.2) is 4.79 Å².